The molecule has 1 aliphatic heterocycles. The van der Waals surface area contributed by atoms with Gasteiger partial charge >= 0.3 is 5.97 Å². The van der Waals surface area contributed by atoms with Gasteiger partial charge in [0.25, 0.3) is 10.2 Å². The second kappa shape index (κ2) is 8.56. The first-order valence-corrected chi connectivity index (χ1v) is 8.41. The minimum Gasteiger partial charge on any atom is -0.480 e. The lowest BCUT2D eigenvalue weighted by atomic mass is 10.1. The van der Waals surface area contributed by atoms with E-state index in [1.54, 1.807) is 7.11 Å². The first-order valence-electron chi connectivity index (χ1n) is 6.97. The minimum absolute atomic E-state index is 0.274. The minimum atomic E-state index is -3.70. The van der Waals surface area contributed by atoms with Gasteiger partial charge in [-0.2, -0.15) is 12.7 Å². The van der Waals surface area contributed by atoms with Crippen LogP contribution in [0.2, 0.25) is 0 Å². The Morgan fingerprint density at radius 3 is 2.75 bits per heavy atom. The van der Waals surface area contributed by atoms with Gasteiger partial charge in [0.15, 0.2) is 0 Å². The average Bonchev–Trinajstić information content (AvgIpc) is 2.42. The highest BCUT2D eigenvalue weighted by molar-refractivity contribution is 7.87. The molecule has 0 aromatic carbocycles. The van der Waals surface area contributed by atoms with Crippen LogP contribution in [0.25, 0.3) is 0 Å². The van der Waals surface area contributed by atoms with Crippen LogP contribution in [0.1, 0.15) is 38.5 Å². The number of unbranched alkanes of at least 4 members (excludes halogenated alkanes) is 2. The van der Waals surface area contributed by atoms with Gasteiger partial charge in [-0.05, 0) is 38.5 Å². The van der Waals surface area contributed by atoms with E-state index < -0.39 is 22.2 Å². The Kier molecular flexibility index (Phi) is 7.42. The predicted molar refractivity (Wildman–Crippen MR) is 74.6 cm³/mol. The summed E-state index contributed by atoms with van der Waals surface area (Å²) in [4.78, 5) is 11.1. The number of ether oxygens (including phenoxy) is 1. The van der Waals surface area contributed by atoms with Crippen LogP contribution in [-0.2, 0) is 19.7 Å². The van der Waals surface area contributed by atoms with Crippen molar-refractivity contribution in [3.8, 4) is 0 Å². The Bertz CT molecular complexity index is 399. The van der Waals surface area contributed by atoms with E-state index in [-0.39, 0.29) is 6.54 Å². The Balaban J connectivity index is 2.43. The molecule has 1 rings (SSSR count). The number of carbonyl (C=O) groups is 1. The van der Waals surface area contributed by atoms with E-state index in [4.69, 9.17) is 9.84 Å². The summed E-state index contributed by atoms with van der Waals surface area (Å²) >= 11 is 0. The molecular formula is C12H24N2O5S. The number of aliphatic carboxylic acids is 1. The molecule has 0 aromatic heterocycles. The van der Waals surface area contributed by atoms with Crippen LogP contribution in [0.3, 0.4) is 0 Å². The predicted octanol–water partition coefficient (Wildman–Crippen LogP) is 0.577. The molecule has 0 amide bonds. The maximum atomic E-state index is 12.1. The summed E-state index contributed by atoms with van der Waals surface area (Å²) in [5.74, 6) is -1.07. The zero-order valence-electron chi connectivity index (χ0n) is 11.9. The number of hydrogen-bond donors (Lipinski definition) is 2. The molecule has 8 heteroatoms. The van der Waals surface area contributed by atoms with E-state index in [0.717, 1.165) is 23.6 Å². The van der Waals surface area contributed by atoms with Crippen molar-refractivity contribution in [2.45, 2.75) is 44.6 Å². The number of hydrogen-bond acceptors (Lipinski definition) is 4. The van der Waals surface area contributed by atoms with E-state index in [2.05, 4.69) is 4.72 Å². The Morgan fingerprint density at radius 2 is 2.10 bits per heavy atom. The molecule has 0 radical (unpaired) electrons. The molecule has 118 valence electrons. The first-order chi connectivity index (χ1) is 9.49. The van der Waals surface area contributed by atoms with Gasteiger partial charge in [0.2, 0.25) is 0 Å². The third-order valence-corrected chi connectivity index (χ3v) is 4.98. The molecule has 0 aliphatic carbocycles. The third kappa shape index (κ3) is 5.35. The zero-order valence-corrected chi connectivity index (χ0v) is 12.7. The Morgan fingerprint density at radius 1 is 1.35 bits per heavy atom. The molecule has 1 saturated heterocycles. The van der Waals surface area contributed by atoms with E-state index >= 15 is 0 Å². The zero-order chi connectivity index (χ0) is 15.0. The lowest BCUT2D eigenvalue weighted by Crippen LogP contribution is -2.52. The van der Waals surface area contributed by atoms with Crippen molar-refractivity contribution in [1.29, 1.82) is 0 Å². The molecule has 7 nitrogen and oxygen atoms in total. The summed E-state index contributed by atoms with van der Waals surface area (Å²) in [6.07, 6.45) is 4.31. The van der Waals surface area contributed by atoms with Gasteiger partial charge in [-0.1, -0.05) is 0 Å². The molecule has 2 N–H and O–H groups in total. The number of methoxy groups -OCH3 is 1. The SMILES string of the molecule is COCCCCCNS(=O)(=O)N1CCCCC1C(=O)O. The lowest BCUT2D eigenvalue weighted by Gasteiger charge is -2.31. The van der Waals surface area contributed by atoms with E-state index in [1.165, 1.54) is 0 Å². The number of piperidine rings is 1. The topological polar surface area (TPSA) is 95.9 Å². The highest BCUT2D eigenvalue weighted by Gasteiger charge is 2.36. The fourth-order valence-corrected chi connectivity index (χ4v) is 3.74. The summed E-state index contributed by atoms with van der Waals surface area (Å²) in [6, 6.07) is -0.935. The van der Waals surface area contributed by atoms with Gasteiger partial charge in [0, 0.05) is 26.8 Å². The van der Waals surface area contributed by atoms with E-state index in [1.807, 2.05) is 0 Å². The van der Waals surface area contributed by atoms with Crippen molar-refractivity contribution in [3.63, 3.8) is 0 Å². The van der Waals surface area contributed by atoms with Gasteiger partial charge in [-0.3, -0.25) is 4.79 Å². The van der Waals surface area contributed by atoms with Crippen LogP contribution in [0.15, 0.2) is 0 Å². The normalized spacial score (nSPS) is 20.9. The second-order valence-electron chi connectivity index (χ2n) is 4.91. The summed E-state index contributed by atoms with van der Waals surface area (Å²) in [6.45, 7) is 1.27. The van der Waals surface area contributed by atoms with Crippen molar-refractivity contribution in [2.24, 2.45) is 0 Å². The van der Waals surface area contributed by atoms with Gasteiger partial charge < -0.3 is 9.84 Å². The number of nitrogens with zero attached hydrogens (tertiary/aromatic N) is 1. The van der Waals surface area contributed by atoms with Gasteiger partial charge in [0.05, 0.1) is 0 Å². The quantitative estimate of drug-likeness (QED) is 0.607. The maximum Gasteiger partial charge on any atom is 0.322 e. The molecule has 1 atom stereocenters. The van der Waals surface area contributed by atoms with Crippen LogP contribution in [0.4, 0.5) is 0 Å². The van der Waals surface area contributed by atoms with E-state index in [9.17, 15) is 13.2 Å². The van der Waals surface area contributed by atoms with Crippen molar-refractivity contribution >= 4 is 16.2 Å². The third-order valence-electron chi connectivity index (χ3n) is 3.36. The van der Waals surface area contributed by atoms with E-state index in [0.29, 0.717) is 32.4 Å². The molecule has 0 aromatic rings. The molecule has 1 unspecified atom stereocenters. The fourth-order valence-electron chi connectivity index (χ4n) is 2.27. The van der Waals surface area contributed by atoms with Gasteiger partial charge in [-0.15, -0.1) is 0 Å². The number of carboxylic acid groups (broad SMARTS) is 1. The molecule has 0 saturated carbocycles. The molecule has 0 bridgehead atoms. The first kappa shape index (κ1) is 17.4. The van der Waals surface area contributed by atoms with Crippen molar-refractivity contribution in [2.75, 3.05) is 26.8 Å². The van der Waals surface area contributed by atoms with Crippen LogP contribution >= 0.6 is 0 Å². The number of nitrogens with one attached hydrogen (secondary N) is 1. The summed E-state index contributed by atoms with van der Waals surface area (Å²) in [5.41, 5.74) is 0. The maximum absolute atomic E-state index is 12.1. The average molecular weight is 308 g/mol. The molecular weight excluding hydrogens is 284 g/mol. The fraction of sp³-hybridized carbons (Fsp3) is 0.917. The molecule has 0 spiro atoms. The van der Waals surface area contributed by atoms with Crippen LogP contribution in [0, 0.1) is 0 Å². The van der Waals surface area contributed by atoms with Gasteiger partial charge in [0.1, 0.15) is 6.04 Å². The molecule has 1 heterocycles. The van der Waals surface area contributed by atoms with Crippen LogP contribution in [-0.4, -0.2) is 56.6 Å². The van der Waals surface area contributed by atoms with Crippen molar-refractivity contribution < 1.29 is 23.1 Å². The largest absolute Gasteiger partial charge is 0.480 e. The summed E-state index contributed by atoms with van der Waals surface area (Å²) in [5, 5.41) is 9.09. The van der Waals surface area contributed by atoms with Crippen LogP contribution in [0.5, 0.6) is 0 Å². The van der Waals surface area contributed by atoms with Crippen molar-refractivity contribution in [1.82, 2.24) is 9.03 Å². The summed E-state index contributed by atoms with van der Waals surface area (Å²) < 4.78 is 32.7. The molecule has 1 fully saturated rings. The smallest absolute Gasteiger partial charge is 0.322 e. The monoisotopic (exact) mass is 308 g/mol. The number of carboxylic acids is 1. The highest BCUT2D eigenvalue weighted by Crippen LogP contribution is 2.19. The second-order valence-corrected chi connectivity index (χ2v) is 6.62. The number of rotatable bonds is 9. The lowest BCUT2D eigenvalue weighted by molar-refractivity contribution is -0.142. The summed E-state index contributed by atoms with van der Waals surface area (Å²) in [7, 11) is -2.07. The standard InChI is InChI=1S/C12H24N2O5S/c1-19-10-6-2-4-8-13-20(17,18)14-9-5-3-7-11(14)12(15)16/h11,13H,2-10H2,1H3,(H,15,16). The Hall–Kier alpha value is -0.700. The Labute approximate surface area is 120 Å². The van der Waals surface area contributed by atoms with Gasteiger partial charge in [-0.25, -0.2) is 4.72 Å². The van der Waals surface area contributed by atoms with Crippen LogP contribution < -0.4 is 4.72 Å². The highest BCUT2D eigenvalue weighted by atomic mass is 32.2. The molecule has 20 heavy (non-hydrogen) atoms. The van der Waals surface area contributed by atoms with Crippen molar-refractivity contribution in [3.05, 3.63) is 0 Å². The molecule has 1 aliphatic rings.